The van der Waals surface area contributed by atoms with Crippen LogP contribution in [0.25, 0.3) is 11.3 Å². The monoisotopic (exact) mass is 343 g/mol. The van der Waals surface area contributed by atoms with E-state index < -0.39 is 0 Å². The van der Waals surface area contributed by atoms with E-state index in [2.05, 4.69) is 20.9 Å². The van der Waals surface area contributed by atoms with Gasteiger partial charge in [-0.2, -0.15) is 0 Å². The lowest BCUT2D eigenvalue weighted by molar-refractivity contribution is 0.0985. The lowest BCUT2D eigenvalue weighted by Crippen LogP contribution is -2.18. The molecule has 1 heterocycles. The first kappa shape index (κ1) is 13.7. The topological polar surface area (TPSA) is 56.3 Å². The molecule has 0 saturated carbocycles. The summed E-state index contributed by atoms with van der Waals surface area (Å²) in [6.07, 6.45) is 1.25. The van der Waals surface area contributed by atoms with Crippen LogP contribution in [0.4, 0.5) is 0 Å². The first-order valence-electron chi connectivity index (χ1n) is 6.22. The maximum Gasteiger partial charge on any atom is 0.219 e. The molecule has 4 nitrogen and oxygen atoms in total. The van der Waals surface area contributed by atoms with Crippen molar-refractivity contribution in [1.82, 2.24) is 4.98 Å². The van der Waals surface area contributed by atoms with Crippen LogP contribution in [0.5, 0.6) is 5.75 Å². The van der Waals surface area contributed by atoms with Gasteiger partial charge in [-0.25, -0.2) is 4.98 Å². The van der Waals surface area contributed by atoms with Crippen LogP contribution in [0.2, 0.25) is 0 Å². The molecule has 2 aromatic rings. The summed E-state index contributed by atoms with van der Waals surface area (Å²) in [7, 11) is 1.47. The number of aromatic nitrogens is 1. The molecule has 0 N–H and O–H groups in total. The van der Waals surface area contributed by atoms with E-state index in [4.69, 9.17) is 4.74 Å². The number of fused-ring (bicyclic) bond motifs is 1. The zero-order chi connectivity index (χ0) is 15.0. The molecule has 0 saturated heterocycles. The number of rotatable bonds is 2. The average Bonchev–Trinajstić information content (AvgIpc) is 2.52. The number of benzene rings is 1. The van der Waals surface area contributed by atoms with Gasteiger partial charge in [0.2, 0.25) is 5.78 Å². The Morgan fingerprint density at radius 3 is 2.52 bits per heavy atom. The quantitative estimate of drug-likeness (QED) is 0.838. The van der Waals surface area contributed by atoms with Crippen molar-refractivity contribution >= 4 is 27.5 Å². The molecule has 0 spiro atoms. The molecule has 1 aromatic heterocycles. The van der Waals surface area contributed by atoms with Crippen LogP contribution in [0, 0.1) is 0 Å². The number of hydrogen-bond donors (Lipinski definition) is 0. The van der Waals surface area contributed by atoms with Gasteiger partial charge in [-0.05, 0) is 15.9 Å². The molecule has 0 fully saturated rings. The second-order valence-corrected chi connectivity index (χ2v) is 5.34. The van der Waals surface area contributed by atoms with Gasteiger partial charge in [-0.3, -0.25) is 9.59 Å². The zero-order valence-corrected chi connectivity index (χ0v) is 12.7. The number of halogens is 1. The largest absolute Gasteiger partial charge is 0.496 e. The summed E-state index contributed by atoms with van der Waals surface area (Å²) in [6.45, 7) is 0. The minimum absolute atomic E-state index is 0.118. The number of methoxy groups -OCH3 is 1. The van der Waals surface area contributed by atoms with Gasteiger partial charge in [0.15, 0.2) is 5.78 Å². The normalized spacial score (nSPS) is 13.7. The molecule has 5 heteroatoms. The molecular formula is C16H10BrNO3. The van der Waals surface area contributed by atoms with Crippen LogP contribution in [0.15, 0.2) is 47.0 Å². The number of Topliss-reactive ketones (excluding diaryl/α,β-unsaturated/α-hetero) is 1. The van der Waals surface area contributed by atoms with E-state index in [1.807, 2.05) is 30.3 Å². The van der Waals surface area contributed by atoms with Crippen LogP contribution in [0.3, 0.4) is 0 Å². The Labute approximate surface area is 129 Å². The van der Waals surface area contributed by atoms with Crippen molar-refractivity contribution in [2.75, 3.05) is 7.11 Å². The third-order valence-corrected chi connectivity index (χ3v) is 3.80. The minimum atomic E-state index is -0.319. The zero-order valence-electron chi connectivity index (χ0n) is 11.1. The maximum atomic E-state index is 12.2. The van der Waals surface area contributed by atoms with Crippen molar-refractivity contribution in [3.05, 3.63) is 58.2 Å². The molecule has 104 valence electrons. The second kappa shape index (κ2) is 5.26. The van der Waals surface area contributed by atoms with Gasteiger partial charge in [0.25, 0.3) is 0 Å². The summed E-state index contributed by atoms with van der Waals surface area (Å²) in [5.41, 5.74) is 1.78. The van der Waals surface area contributed by atoms with Gasteiger partial charge in [-0.1, -0.05) is 30.3 Å². The molecule has 1 aliphatic rings. The fraction of sp³-hybridized carbons (Fsp3) is 0.0625. The van der Waals surface area contributed by atoms with Crippen LogP contribution in [-0.2, 0) is 0 Å². The highest BCUT2D eigenvalue weighted by Crippen LogP contribution is 2.33. The molecule has 21 heavy (non-hydrogen) atoms. The Morgan fingerprint density at radius 1 is 1.14 bits per heavy atom. The molecule has 0 radical (unpaired) electrons. The van der Waals surface area contributed by atoms with Gasteiger partial charge in [0.1, 0.15) is 11.4 Å². The van der Waals surface area contributed by atoms with E-state index in [1.54, 1.807) is 6.07 Å². The van der Waals surface area contributed by atoms with E-state index in [0.717, 1.165) is 5.56 Å². The van der Waals surface area contributed by atoms with Crippen molar-refractivity contribution in [3.8, 4) is 17.0 Å². The number of carbonyl (C=O) groups is 2. The smallest absolute Gasteiger partial charge is 0.219 e. The molecule has 1 aliphatic carbocycles. The summed E-state index contributed by atoms with van der Waals surface area (Å²) in [6, 6.07) is 11.1. The summed E-state index contributed by atoms with van der Waals surface area (Å²) in [5, 5.41) is 0. The molecular weight excluding hydrogens is 334 g/mol. The van der Waals surface area contributed by atoms with Crippen molar-refractivity contribution in [2.45, 2.75) is 0 Å². The van der Waals surface area contributed by atoms with Gasteiger partial charge < -0.3 is 4.74 Å². The molecule has 0 bridgehead atoms. The van der Waals surface area contributed by atoms with Gasteiger partial charge in [0.05, 0.1) is 22.8 Å². The van der Waals surface area contributed by atoms with E-state index >= 15 is 0 Å². The van der Waals surface area contributed by atoms with Crippen molar-refractivity contribution in [3.63, 3.8) is 0 Å². The Balaban J connectivity index is 2.26. The van der Waals surface area contributed by atoms with Crippen LogP contribution < -0.4 is 4.74 Å². The molecule has 0 unspecified atom stereocenters. The summed E-state index contributed by atoms with van der Waals surface area (Å²) >= 11 is 3.10. The van der Waals surface area contributed by atoms with Gasteiger partial charge in [-0.15, -0.1) is 0 Å². The third kappa shape index (κ3) is 2.29. The number of ketones is 2. The Bertz CT molecular complexity index is 782. The fourth-order valence-corrected chi connectivity index (χ4v) is 2.60. The third-order valence-electron chi connectivity index (χ3n) is 3.21. The highest BCUT2D eigenvalue weighted by atomic mass is 79.9. The minimum Gasteiger partial charge on any atom is -0.496 e. The van der Waals surface area contributed by atoms with Gasteiger partial charge >= 0.3 is 0 Å². The Kier molecular flexibility index (Phi) is 3.43. The number of carbonyl (C=O) groups excluding carboxylic acids is 2. The number of nitrogens with zero attached hydrogens (tertiary/aromatic N) is 1. The SMILES string of the molecule is COc1cc(-c2ccccc2)nc2c1C(=O)C=C(Br)C2=O. The van der Waals surface area contributed by atoms with E-state index in [9.17, 15) is 9.59 Å². The van der Waals surface area contributed by atoms with E-state index in [1.165, 1.54) is 13.2 Å². The lowest BCUT2D eigenvalue weighted by atomic mass is 9.97. The summed E-state index contributed by atoms with van der Waals surface area (Å²) in [4.78, 5) is 28.7. The van der Waals surface area contributed by atoms with Crippen molar-refractivity contribution in [2.24, 2.45) is 0 Å². The molecule has 0 amide bonds. The van der Waals surface area contributed by atoms with Crippen LogP contribution >= 0.6 is 15.9 Å². The number of pyridine rings is 1. The van der Waals surface area contributed by atoms with Crippen molar-refractivity contribution < 1.29 is 14.3 Å². The standard InChI is InChI=1S/C16H10BrNO3/c1-21-13-8-11(9-5-3-2-4-6-9)18-15-14(13)12(19)7-10(17)16(15)20/h2-8H,1H3. The summed E-state index contributed by atoms with van der Waals surface area (Å²) in [5.74, 6) is -0.255. The highest BCUT2D eigenvalue weighted by molar-refractivity contribution is 9.12. The fourth-order valence-electron chi connectivity index (χ4n) is 2.21. The summed E-state index contributed by atoms with van der Waals surface area (Å²) < 4.78 is 5.48. The van der Waals surface area contributed by atoms with Crippen LogP contribution in [-0.4, -0.2) is 23.7 Å². The number of hydrogen-bond acceptors (Lipinski definition) is 4. The second-order valence-electron chi connectivity index (χ2n) is 4.49. The molecule has 3 rings (SSSR count). The Hall–Kier alpha value is -2.27. The van der Waals surface area contributed by atoms with E-state index in [0.29, 0.717) is 11.4 Å². The van der Waals surface area contributed by atoms with Gasteiger partial charge in [0, 0.05) is 17.7 Å². The molecule has 0 aliphatic heterocycles. The lowest BCUT2D eigenvalue weighted by Gasteiger charge is -2.16. The molecule has 1 aromatic carbocycles. The predicted octanol–water partition coefficient (Wildman–Crippen LogP) is 3.42. The van der Waals surface area contributed by atoms with Crippen molar-refractivity contribution in [1.29, 1.82) is 0 Å². The molecule has 0 atom stereocenters. The highest BCUT2D eigenvalue weighted by Gasteiger charge is 2.30. The average molecular weight is 344 g/mol. The van der Waals surface area contributed by atoms with E-state index in [-0.39, 0.29) is 27.3 Å². The number of ether oxygens (including phenoxy) is 1. The Morgan fingerprint density at radius 2 is 1.86 bits per heavy atom. The first-order valence-corrected chi connectivity index (χ1v) is 7.02. The predicted molar refractivity (Wildman–Crippen MR) is 81.9 cm³/mol. The van der Waals surface area contributed by atoms with Crippen LogP contribution in [0.1, 0.15) is 20.8 Å². The maximum absolute atomic E-state index is 12.2. The number of allylic oxidation sites excluding steroid dienone is 2. The first-order chi connectivity index (χ1) is 10.1.